The van der Waals surface area contributed by atoms with Crippen LogP contribution in [0.3, 0.4) is 0 Å². The van der Waals surface area contributed by atoms with Crippen LogP contribution in [0.5, 0.6) is 0 Å². The number of para-hydroxylation sites is 1. The molecule has 0 spiro atoms. The number of nitrogens with zero attached hydrogens (tertiary/aromatic N) is 4. The number of rotatable bonds is 9. The van der Waals surface area contributed by atoms with Gasteiger partial charge in [0.2, 0.25) is 17.8 Å². The Kier molecular flexibility index (Phi) is 8.38. The van der Waals surface area contributed by atoms with Crippen molar-refractivity contribution in [1.82, 2.24) is 15.0 Å². The zero-order valence-corrected chi connectivity index (χ0v) is 23.7. The Hall–Kier alpha value is -4.15. The molecular weight excluding hydrogens is 584 g/mol. The number of allylic oxidation sites excluding steroid dienone is 4. The van der Waals surface area contributed by atoms with Crippen molar-refractivity contribution in [3.8, 4) is 0 Å². The van der Waals surface area contributed by atoms with Gasteiger partial charge in [0.05, 0.1) is 18.9 Å². The van der Waals surface area contributed by atoms with Gasteiger partial charge in [-0.2, -0.15) is 31.8 Å². The lowest BCUT2D eigenvalue weighted by atomic mass is 9.95. The van der Waals surface area contributed by atoms with E-state index in [1.165, 1.54) is 24.3 Å². The molecule has 0 bridgehead atoms. The highest BCUT2D eigenvalue weighted by atomic mass is 32.3. The third-order valence-electron chi connectivity index (χ3n) is 6.65. The van der Waals surface area contributed by atoms with E-state index in [9.17, 15) is 25.9 Å². The number of morpholine rings is 1. The van der Waals surface area contributed by atoms with Crippen LogP contribution in [0.25, 0.3) is 6.08 Å². The van der Waals surface area contributed by atoms with Crippen LogP contribution in [0.2, 0.25) is 0 Å². The first-order valence-electron chi connectivity index (χ1n) is 12.8. The van der Waals surface area contributed by atoms with Gasteiger partial charge in [-0.25, -0.2) is 0 Å². The Morgan fingerprint density at radius 2 is 1.45 bits per heavy atom. The molecule has 1 saturated heterocycles. The smallest absolute Gasteiger partial charge is 0.294 e. The van der Waals surface area contributed by atoms with Crippen LogP contribution in [0.4, 0.5) is 23.5 Å². The summed E-state index contributed by atoms with van der Waals surface area (Å²) in [6, 6.07) is 17.7. The fraction of sp³-hybridized carbons (Fsp3) is 0.222. The fourth-order valence-electron chi connectivity index (χ4n) is 4.70. The maximum absolute atomic E-state index is 13.0. The van der Waals surface area contributed by atoms with Gasteiger partial charge in [-0.05, 0) is 23.8 Å². The third kappa shape index (κ3) is 6.05. The summed E-state index contributed by atoms with van der Waals surface area (Å²) in [6.45, 7) is 1.78. The van der Waals surface area contributed by atoms with Crippen LogP contribution in [0.15, 0.2) is 90.7 Å². The Bertz CT molecular complexity index is 1690. The van der Waals surface area contributed by atoms with Crippen molar-refractivity contribution in [3.05, 3.63) is 96.2 Å². The fourth-order valence-corrected chi connectivity index (χ4v) is 7.56. The van der Waals surface area contributed by atoms with Gasteiger partial charge in [0, 0.05) is 24.7 Å². The molecule has 3 aromatic rings. The second kappa shape index (κ2) is 12.0. The molecule has 5 rings (SSSR count). The molecule has 1 aliphatic heterocycles. The normalized spacial score (nSPS) is 19.0. The predicted octanol–water partition coefficient (Wildman–Crippen LogP) is 3.12. The Morgan fingerprint density at radius 1 is 0.857 bits per heavy atom. The molecule has 0 amide bonds. The topological polar surface area (TPSA) is 184 Å². The molecule has 1 unspecified atom stereocenters. The first-order chi connectivity index (χ1) is 20.1. The van der Waals surface area contributed by atoms with Crippen molar-refractivity contribution in [2.45, 2.75) is 4.08 Å². The van der Waals surface area contributed by atoms with E-state index in [1.807, 2.05) is 11.0 Å². The molecule has 2 aliphatic rings. The molecule has 2 aromatic carbocycles. The predicted molar refractivity (Wildman–Crippen MR) is 158 cm³/mol. The summed E-state index contributed by atoms with van der Waals surface area (Å²) in [7, 11) is -11.1. The Labute approximate surface area is 243 Å². The van der Waals surface area contributed by atoms with E-state index in [2.05, 4.69) is 25.6 Å². The molecule has 42 heavy (non-hydrogen) atoms. The minimum atomic E-state index is -5.54. The van der Waals surface area contributed by atoms with Gasteiger partial charge >= 0.3 is 0 Å². The van der Waals surface area contributed by atoms with E-state index < -0.39 is 35.9 Å². The monoisotopic (exact) mass is 612 g/mol. The van der Waals surface area contributed by atoms with Crippen molar-refractivity contribution >= 4 is 49.8 Å². The van der Waals surface area contributed by atoms with Gasteiger partial charge in [-0.1, -0.05) is 72.8 Å². The molecule has 220 valence electrons. The molecule has 1 fully saturated rings. The summed E-state index contributed by atoms with van der Waals surface area (Å²) in [5, 5.41) is 5.71. The first-order valence-corrected chi connectivity index (χ1v) is 15.7. The van der Waals surface area contributed by atoms with E-state index >= 15 is 0 Å². The van der Waals surface area contributed by atoms with E-state index in [4.69, 9.17) is 4.74 Å². The molecule has 13 nitrogen and oxygen atoms in total. The quantitative estimate of drug-likeness (QED) is 0.259. The van der Waals surface area contributed by atoms with Gasteiger partial charge in [0.1, 0.15) is 0 Å². The highest BCUT2D eigenvalue weighted by Gasteiger charge is 2.62. The largest absolute Gasteiger partial charge is 0.378 e. The summed E-state index contributed by atoms with van der Waals surface area (Å²) in [4.78, 5) is 15.0. The lowest BCUT2D eigenvalue weighted by Crippen LogP contribution is -2.55. The SMILES string of the molecule is O=S(=O)(O)C1(S(=O)(=O)O)C(Nc2nc(Nc3ccccc3)nc(N3CCOCC3)n2)=CC=CC1C=Cc1ccccc1. The van der Waals surface area contributed by atoms with Gasteiger partial charge in [-0.15, -0.1) is 0 Å². The maximum Gasteiger partial charge on any atom is 0.294 e. The summed E-state index contributed by atoms with van der Waals surface area (Å²) in [5.74, 6) is -1.48. The molecule has 1 atom stereocenters. The minimum Gasteiger partial charge on any atom is -0.378 e. The number of hydrogen-bond donors (Lipinski definition) is 4. The zero-order valence-electron chi connectivity index (χ0n) is 22.1. The molecule has 1 aromatic heterocycles. The van der Waals surface area contributed by atoms with Crippen molar-refractivity contribution in [2.75, 3.05) is 41.8 Å². The van der Waals surface area contributed by atoms with Crippen molar-refractivity contribution in [1.29, 1.82) is 0 Å². The average molecular weight is 613 g/mol. The first kappa shape index (κ1) is 29.3. The van der Waals surface area contributed by atoms with Gasteiger partial charge in [-0.3, -0.25) is 9.11 Å². The molecule has 2 heterocycles. The minimum absolute atomic E-state index is 0.0805. The number of hydrogen-bond acceptors (Lipinski definition) is 11. The molecule has 1 aliphatic carbocycles. The molecular formula is C27H28N6O7S2. The maximum atomic E-state index is 13.0. The summed E-state index contributed by atoms with van der Waals surface area (Å²) >= 11 is 0. The lowest BCUT2D eigenvalue weighted by Gasteiger charge is -2.36. The average Bonchev–Trinajstić information content (AvgIpc) is 2.96. The molecule has 15 heteroatoms. The lowest BCUT2D eigenvalue weighted by molar-refractivity contribution is 0.122. The van der Waals surface area contributed by atoms with Crippen molar-refractivity contribution < 1.29 is 30.7 Å². The van der Waals surface area contributed by atoms with Crippen LogP contribution >= 0.6 is 0 Å². The van der Waals surface area contributed by atoms with E-state index in [1.54, 1.807) is 54.6 Å². The standard InChI is InChI=1S/C27H28N6O7S2/c34-41(35,36)27(42(37,38)39)21(15-14-20-8-3-1-4-9-20)10-7-13-23(27)29-25-30-24(28-22-11-5-2-6-12-22)31-26(32-25)33-16-18-40-19-17-33/h1-15,21H,16-19H2,(H,34,35,36)(H,37,38,39)(H2,28,29,30,31,32). The number of ether oxygens (including phenoxy) is 1. The number of benzene rings is 2. The number of nitrogens with one attached hydrogen (secondary N) is 2. The second-order valence-corrected chi connectivity index (χ2v) is 12.8. The van der Waals surface area contributed by atoms with Crippen molar-refractivity contribution in [3.63, 3.8) is 0 Å². The van der Waals surface area contributed by atoms with E-state index in [-0.39, 0.29) is 17.8 Å². The Balaban J connectivity index is 1.59. The zero-order chi connectivity index (χ0) is 29.8. The van der Waals surface area contributed by atoms with Gasteiger partial charge < -0.3 is 20.3 Å². The van der Waals surface area contributed by atoms with Gasteiger partial charge in [0.15, 0.2) is 0 Å². The number of aromatic nitrogens is 3. The second-order valence-electron chi connectivity index (χ2n) is 9.38. The van der Waals surface area contributed by atoms with E-state index in [0.29, 0.717) is 37.6 Å². The summed E-state index contributed by atoms with van der Waals surface area (Å²) < 4.78 is 75.0. The van der Waals surface area contributed by atoms with Crippen LogP contribution in [-0.2, 0) is 25.0 Å². The van der Waals surface area contributed by atoms with Crippen LogP contribution in [0, 0.1) is 5.92 Å². The summed E-state index contributed by atoms with van der Waals surface area (Å²) in [6.07, 6.45) is 6.55. The van der Waals surface area contributed by atoms with Crippen LogP contribution in [0.1, 0.15) is 5.56 Å². The third-order valence-corrected chi connectivity index (χ3v) is 10.4. The summed E-state index contributed by atoms with van der Waals surface area (Å²) in [5.41, 5.74) is 0.708. The molecule has 0 radical (unpaired) electrons. The highest BCUT2D eigenvalue weighted by Crippen LogP contribution is 2.43. The Morgan fingerprint density at radius 3 is 2.07 bits per heavy atom. The molecule has 0 saturated carbocycles. The van der Waals surface area contributed by atoms with Crippen LogP contribution in [-0.4, -0.2) is 71.3 Å². The van der Waals surface area contributed by atoms with Gasteiger partial charge in [0.25, 0.3) is 24.3 Å². The van der Waals surface area contributed by atoms with E-state index in [0.717, 1.165) is 6.08 Å². The van der Waals surface area contributed by atoms with Crippen LogP contribution < -0.4 is 15.5 Å². The van der Waals surface area contributed by atoms with Crippen molar-refractivity contribution in [2.24, 2.45) is 5.92 Å². The number of anilines is 4. The highest BCUT2D eigenvalue weighted by molar-refractivity contribution is 8.05. The molecule has 4 N–H and O–H groups in total.